The summed E-state index contributed by atoms with van der Waals surface area (Å²) in [5, 5.41) is 5.92. The van der Waals surface area contributed by atoms with E-state index < -0.39 is 0 Å². The van der Waals surface area contributed by atoms with Gasteiger partial charge in [-0.1, -0.05) is 36.4 Å². The molecule has 0 saturated carbocycles. The Hall–Kier alpha value is -3.28. The summed E-state index contributed by atoms with van der Waals surface area (Å²) in [6.07, 6.45) is 0. The van der Waals surface area contributed by atoms with Crippen LogP contribution < -0.4 is 10.6 Å². The van der Waals surface area contributed by atoms with Crippen LogP contribution in [0.4, 0.5) is 15.9 Å². The van der Waals surface area contributed by atoms with Crippen molar-refractivity contribution in [2.24, 2.45) is 0 Å². The van der Waals surface area contributed by atoms with Gasteiger partial charge in [-0.3, -0.25) is 4.79 Å². The minimum Gasteiger partial charge on any atom is -0.344 e. The van der Waals surface area contributed by atoms with Crippen LogP contribution in [-0.4, -0.2) is 15.9 Å². The number of hydrogen-bond acceptors (Lipinski definition) is 4. The number of hydrogen-bond donors (Lipinski definition) is 2. The number of rotatable bonds is 5. The molecule has 0 aliphatic heterocycles. The largest absolute Gasteiger partial charge is 0.344 e. The summed E-state index contributed by atoms with van der Waals surface area (Å²) < 4.78 is 13.3. The lowest BCUT2D eigenvalue weighted by atomic mass is 10.1. The summed E-state index contributed by atoms with van der Waals surface area (Å²) in [6.45, 7) is 3.61. The molecule has 0 bridgehead atoms. The Kier molecular flexibility index (Phi) is 5.22. The monoisotopic (exact) mass is 350 g/mol. The highest BCUT2D eigenvalue weighted by atomic mass is 19.1. The molecule has 0 spiro atoms. The molecule has 3 rings (SSSR count). The number of amides is 1. The average Bonchev–Trinajstić information content (AvgIpc) is 2.62. The quantitative estimate of drug-likeness (QED) is 0.725. The second-order valence-electron chi connectivity index (χ2n) is 5.93. The van der Waals surface area contributed by atoms with Gasteiger partial charge in [-0.15, -0.1) is 0 Å². The fourth-order valence-corrected chi connectivity index (χ4v) is 2.56. The van der Waals surface area contributed by atoms with Crippen LogP contribution in [0, 0.1) is 12.7 Å². The smallest absolute Gasteiger partial charge is 0.270 e. The molecule has 3 aromatic rings. The number of carbonyl (C=O) groups excluding carboxylic acids is 1. The maximum absolute atomic E-state index is 13.3. The lowest BCUT2D eigenvalue weighted by molar-refractivity contribution is 0.0934. The predicted molar refractivity (Wildman–Crippen MR) is 98.8 cm³/mol. The van der Waals surface area contributed by atoms with E-state index >= 15 is 0 Å². The van der Waals surface area contributed by atoms with Gasteiger partial charge in [-0.05, 0) is 37.6 Å². The van der Waals surface area contributed by atoms with Crippen molar-refractivity contribution >= 4 is 17.4 Å². The fraction of sp³-hybridized carbons (Fsp3) is 0.150. The minimum atomic E-state index is -0.351. The first-order chi connectivity index (χ1) is 12.5. The lowest BCUT2D eigenvalue weighted by Crippen LogP contribution is -2.27. The standard InChI is InChI=1S/C20H19FN4O/c1-13(15-7-4-3-5-8-15)22-20(26)18-12-19(24-14(2)23-18)25-17-10-6-9-16(21)11-17/h3-13H,1-2H3,(H,22,26)(H,23,24,25). The third-order valence-corrected chi connectivity index (χ3v) is 3.81. The van der Waals surface area contributed by atoms with Crippen LogP contribution in [0.2, 0.25) is 0 Å². The molecular weight excluding hydrogens is 331 g/mol. The molecule has 0 aliphatic rings. The number of benzene rings is 2. The van der Waals surface area contributed by atoms with Crippen molar-refractivity contribution in [3.8, 4) is 0 Å². The third-order valence-electron chi connectivity index (χ3n) is 3.81. The van der Waals surface area contributed by atoms with E-state index in [1.165, 1.54) is 12.1 Å². The lowest BCUT2D eigenvalue weighted by Gasteiger charge is -2.14. The van der Waals surface area contributed by atoms with Crippen molar-refractivity contribution in [2.45, 2.75) is 19.9 Å². The maximum atomic E-state index is 13.3. The molecule has 1 amide bonds. The van der Waals surface area contributed by atoms with E-state index in [0.717, 1.165) is 5.56 Å². The summed E-state index contributed by atoms with van der Waals surface area (Å²) in [7, 11) is 0. The predicted octanol–water partition coefficient (Wildman–Crippen LogP) is 4.16. The number of halogens is 1. The molecule has 1 aromatic heterocycles. The number of nitrogens with zero attached hydrogens (tertiary/aromatic N) is 2. The van der Waals surface area contributed by atoms with Crippen molar-refractivity contribution < 1.29 is 9.18 Å². The second-order valence-corrected chi connectivity index (χ2v) is 5.93. The molecule has 132 valence electrons. The zero-order valence-corrected chi connectivity index (χ0v) is 14.5. The summed E-state index contributed by atoms with van der Waals surface area (Å²) in [5.41, 5.74) is 1.80. The molecule has 26 heavy (non-hydrogen) atoms. The molecule has 0 aliphatic carbocycles. The van der Waals surface area contributed by atoms with Crippen molar-refractivity contribution in [3.05, 3.63) is 83.6 Å². The van der Waals surface area contributed by atoms with E-state index in [2.05, 4.69) is 20.6 Å². The second kappa shape index (κ2) is 7.74. The SMILES string of the molecule is Cc1nc(Nc2cccc(F)c2)cc(C(=O)NC(C)c2ccccc2)n1. The Labute approximate surface area is 151 Å². The van der Waals surface area contributed by atoms with Crippen LogP contribution in [0.5, 0.6) is 0 Å². The zero-order valence-electron chi connectivity index (χ0n) is 14.5. The maximum Gasteiger partial charge on any atom is 0.270 e. The van der Waals surface area contributed by atoms with Crippen LogP contribution in [0.1, 0.15) is 34.8 Å². The van der Waals surface area contributed by atoms with Gasteiger partial charge in [-0.2, -0.15) is 0 Å². The Morgan fingerprint density at radius 1 is 1.04 bits per heavy atom. The number of aromatic nitrogens is 2. The van der Waals surface area contributed by atoms with Crippen LogP contribution in [0.25, 0.3) is 0 Å². The van der Waals surface area contributed by atoms with E-state index in [9.17, 15) is 9.18 Å². The Morgan fingerprint density at radius 3 is 2.54 bits per heavy atom. The van der Waals surface area contributed by atoms with Gasteiger partial charge in [0.1, 0.15) is 23.2 Å². The van der Waals surface area contributed by atoms with Crippen LogP contribution in [0.15, 0.2) is 60.7 Å². The van der Waals surface area contributed by atoms with Crippen LogP contribution in [0.3, 0.4) is 0 Å². The zero-order chi connectivity index (χ0) is 18.5. The minimum absolute atomic E-state index is 0.154. The van der Waals surface area contributed by atoms with Gasteiger partial charge in [-0.25, -0.2) is 14.4 Å². The topological polar surface area (TPSA) is 66.9 Å². The fourth-order valence-electron chi connectivity index (χ4n) is 2.56. The molecule has 1 heterocycles. The highest BCUT2D eigenvalue weighted by Crippen LogP contribution is 2.17. The van der Waals surface area contributed by atoms with Crippen LogP contribution in [-0.2, 0) is 0 Å². The molecule has 1 atom stereocenters. The highest BCUT2D eigenvalue weighted by molar-refractivity contribution is 5.93. The molecule has 5 nitrogen and oxygen atoms in total. The van der Waals surface area contributed by atoms with Gasteiger partial charge in [0.25, 0.3) is 5.91 Å². The number of carbonyl (C=O) groups is 1. The van der Waals surface area contributed by atoms with Gasteiger partial charge in [0, 0.05) is 11.8 Å². The van der Waals surface area contributed by atoms with Crippen molar-refractivity contribution in [3.63, 3.8) is 0 Å². The highest BCUT2D eigenvalue weighted by Gasteiger charge is 2.14. The number of nitrogens with one attached hydrogen (secondary N) is 2. The Morgan fingerprint density at radius 2 is 1.81 bits per heavy atom. The Balaban J connectivity index is 1.77. The first kappa shape index (κ1) is 17.5. The summed E-state index contributed by atoms with van der Waals surface area (Å²) in [6, 6.07) is 17.1. The van der Waals surface area contributed by atoms with Crippen molar-refractivity contribution in [2.75, 3.05) is 5.32 Å². The molecule has 1 unspecified atom stereocenters. The van der Waals surface area contributed by atoms with Crippen molar-refractivity contribution in [1.82, 2.24) is 15.3 Å². The van der Waals surface area contributed by atoms with Gasteiger partial charge < -0.3 is 10.6 Å². The van der Waals surface area contributed by atoms with Gasteiger partial charge >= 0.3 is 0 Å². The van der Waals surface area contributed by atoms with Gasteiger partial charge in [0.15, 0.2) is 0 Å². The Bertz CT molecular complexity index is 915. The average molecular weight is 350 g/mol. The van der Waals surface area contributed by atoms with E-state index in [-0.39, 0.29) is 23.5 Å². The molecule has 0 saturated heterocycles. The van der Waals surface area contributed by atoms with E-state index in [1.807, 2.05) is 37.3 Å². The van der Waals surface area contributed by atoms with E-state index in [1.54, 1.807) is 25.1 Å². The van der Waals surface area contributed by atoms with Gasteiger partial charge in [0.05, 0.1) is 6.04 Å². The van der Waals surface area contributed by atoms with E-state index in [4.69, 9.17) is 0 Å². The molecular formula is C20H19FN4O. The third kappa shape index (κ3) is 4.42. The summed E-state index contributed by atoms with van der Waals surface area (Å²) >= 11 is 0. The first-order valence-corrected chi connectivity index (χ1v) is 8.25. The van der Waals surface area contributed by atoms with Crippen molar-refractivity contribution in [1.29, 1.82) is 0 Å². The normalized spacial score (nSPS) is 11.7. The molecule has 0 fully saturated rings. The first-order valence-electron chi connectivity index (χ1n) is 8.25. The molecule has 2 aromatic carbocycles. The molecule has 0 radical (unpaired) electrons. The summed E-state index contributed by atoms with van der Waals surface area (Å²) in [5.74, 6) is 0.231. The van der Waals surface area contributed by atoms with E-state index in [0.29, 0.717) is 17.3 Å². The molecule has 6 heteroatoms. The van der Waals surface area contributed by atoms with Gasteiger partial charge in [0.2, 0.25) is 0 Å². The number of aryl methyl sites for hydroxylation is 1. The number of anilines is 2. The van der Waals surface area contributed by atoms with Crippen LogP contribution >= 0.6 is 0 Å². The summed E-state index contributed by atoms with van der Waals surface area (Å²) in [4.78, 5) is 21.0. The molecule has 2 N–H and O–H groups in total.